The van der Waals surface area contributed by atoms with E-state index in [9.17, 15) is 9.59 Å². The topological polar surface area (TPSA) is 46.6 Å². The molecule has 1 heterocycles. The van der Waals surface area contributed by atoms with E-state index >= 15 is 0 Å². The maximum atomic E-state index is 12.2. The van der Waals surface area contributed by atoms with Crippen LogP contribution in [-0.4, -0.2) is 36.8 Å². The Kier molecular flexibility index (Phi) is 4.20. The van der Waals surface area contributed by atoms with Gasteiger partial charge in [-0.1, -0.05) is 17.7 Å². The minimum absolute atomic E-state index is 0.00282. The third kappa shape index (κ3) is 3.34. The summed E-state index contributed by atoms with van der Waals surface area (Å²) < 4.78 is 5.27. The number of nitrogens with zero attached hydrogens (tertiary/aromatic N) is 1. The number of rotatable bonds is 3. The molecule has 0 unspecified atom stereocenters. The van der Waals surface area contributed by atoms with Crippen molar-refractivity contribution in [3.05, 3.63) is 29.3 Å². The predicted octanol–water partition coefficient (Wildman–Crippen LogP) is 1.74. The first-order valence-corrected chi connectivity index (χ1v) is 6.53. The minimum Gasteiger partial charge on any atom is -0.496 e. The monoisotopic (exact) mass is 261 g/mol. The van der Waals surface area contributed by atoms with Gasteiger partial charge < -0.3 is 9.64 Å². The molecule has 0 spiro atoms. The van der Waals surface area contributed by atoms with Crippen molar-refractivity contribution in [1.29, 1.82) is 0 Å². The second-order valence-electron chi connectivity index (χ2n) is 4.95. The molecule has 0 radical (unpaired) electrons. The number of ketones is 1. The zero-order valence-electron chi connectivity index (χ0n) is 11.4. The lowest BCUT2D eigenvalue weighted by atomic mass is 10.0. The van der Waals surface area contributed by atoms with Crippen molar-refractivity contribution in [2.24, 2.45) is 0 Å². The SMILES string of the molecule is COc1ccc(C)cc1CC(=O)N1CCCC(=O)C1. The van der Waals surface area contributed by atoms with E-state index in [0.717, 1.165) is 23.3 Å². The fourth-order valence-corrected chi connectivity index (χ4v) is 2.37. The molecule has 0 N–H and O–H groups in total. The van der Waals surface area contributed by atoms with Crippen molar-refractivity contribution in [1.82, 2.24) is 4.90 Å². The van der Waals surface area contributed by atoms with Gasteiger partial charge in [-0.05, 0) is 19.4 Å². The van der Waals surface area contributed by atoms with Crippen LogP contribution in [0.2, 0.25) is 0 Å². The molecule has 1 aliphatic rings. The maximum absolute atomic E-state index is 12.2. The van der Waals surface area contributed by atoms with E-state index in [4.69, 9.17) is 4.74 Å². The van der Waals surface area contributed by atoms with Crippen molar-refractivity contribution in [3.63, 3.8) is 0 Å². The second-order valence-corrected chi connectivity index (χ2v) is 4.95. The molecule has 4 nitrogen and oxygen atoms in total. The quantitative estimate of drug-likeness (QED) is 0.832. The van der Waals surface area contributed by atoms with Gasteiger partial charge in [0.1, 0.15) is 5.75 Å². The van der Waals surface area contributed by atoms with Gasteiger partial charge in [0.05, 0.1) is 20.1 Å². The fraction of sp³-hybridized carbons (Fsp3) is 0.467. The van der Waals surface area contributed by atoms with Gasteiger partial charge in [-0.2, -0.15) is 0 Å². The Morgan fingerprint density at radius 1 is 1.42 bits per heavy atom. The molecule has 0 atom stereocenters. The van der Waals surface area contributed by atoms with Crippen LogP contribution in [0.5, 0.6) is 5.75 Å². The van der Waals surface area contributed by atoms with Gasteiger partial charge in [-0.3, -0.25) is 9.59 Å². The van der Waals surface area contributed by atoms with Crippen molar-refractivity contribution in [2.75, 3.05) is 20.2 Å². The van der Waals surface area contributed by atoms with Crippen LogP contribution in [0, 0.1) is 6.92 Å². The summed E-state index contributed by atoms with van der Waals surface area (Å²) >= 11 is 0. The van der Waals surface area contributed by atoms with Crippen LogP contribution in [0.1, 0.15) is 24.0 Å². The number of ether oxygens (including phenoxy) is 1. The van der Waals surface area contributed by atoms with E-state index in [-0.39, 0.29) is 24.7 Å². The van der Waals surface area contributed by atoms with Crippen molar-refractivity contribution < 1.29 is 14.3 Å². The van der Waals surface area contributed by atoms with Crippen LogP contribution in [0.15, 0.2) is 18.2 Å². The molecule has 1 fully saturated rings. The van der Waals surface area contributed by atoms with Gasteiger partial charge in [0.15, 0.2) is 5.78 Å². The van der Waals surface area contributed by atoms with Gasteiger partial charge in [0.25, 0.3) is 0 Å². The Balaban J connectivity index is 2.09. The first-order valence-electron chi connectivity index (χ1n) is 6.53. The molecule has 102 valence electrons. The van der Waals surface area contributed by atoms with Gasteiger partial charge in [-0.15, -0.1) is 0 Å². The molecular formula is C15H19NO3. The number of methoxy groups -OCH3 is 1. The number of likely N-dealkylation sites (tertiary alicyclic amines) is 1. The summed E-state index contributed by atoms with van der Waals surface area (Å²) in [6, 6.07) is 5.79. The highest BCUT2D eigenvalue weighted by Crippen LogP contribution is 2.21. The molecule has 1 aliphatic heterocycles. The molecule has 1 saturated heterocycles. The normalized spacial score (nSPS) is 15.5. The molecule has 0 aromatic heterocycles. The largest absolute Gasteiger partial charge is 0.496 e. The number of hydrogen-bond acceptors (Lipinski definition) is 3. The lowest BCUT2D eigenvalue weighted by Crippen LogP contribution is -2.40. The average molecular weight is 261 g/mol. The lowest BCUT2D eigenvalue weighted by Gasteiger charge is -2.26. The third-order valence-corrected chi connectivity index (χ3v) is 3.38. The Bertz CT molecular complexity index is 496. The summed E-state index contributed by atoms with van der Waals surface area (Å²) in [5.74, 6) is 0.870. The van der Waals surface area contributed by atoms with E-state index in [0.29, 0.717) is 13.0 Å². The number of amides is 1. The van der Waals surface area contributed by atoms with E-state index in [2.05, 4.69) is 0 Å². The van der Waals surface area contributed by atoms with Crippen LogP contribution >= 0.6 is 0 Å². The van der Waals surface area contributed by atoms with E-state index < -0.39 is 0 Å². The molecule has 0 aliphatic carbocycles. The summed E-state index contributed by atoms with van der Waals surface area (Å²) in [5, 5.41) is 0. The minimum atomic E-state index is -0.00282. The highest BCUT2D eigenvalue weighted by molar-refractivity contribution is 5.88. The predicted molar refractivity (Wildman–Crippen MR) is 72.3 cm³/mol. The maximum Gasteiger partial charge on any atom is 0.227 e. The molecule has 1 aromatic carbocycles. The van der Waals surface area contributed by atoms with Gasteiger partial charge in [0, 0.05) is 18.5 Å². The molecule has 1 aromatic rings. The number of benzene rings is 1. The number of hydrogen-bond donors (Lipinski definition) is 0. The van der Waals surface area contributed by atoms with Crippen LogP contribution in [0.4, 0.5) is 0 Å². The molecular weight excluding hydrogens is 242 g/mol. The Labute approximate surface area is 113 Å². The van der Waals surface area contributed by atoms with Crippen molar-refractivity contribution in [2.45, 2.75) is 26.2 Å². The standard InChI is InChI=1S/C15H19NO3/c1-11-5-6-14(19-2)12(8-11)9-15(18)16-7-3-4-13(17)10-16/h5-6,8H,3-4,7,9-10H2,1-2H3. The molecule has 4 heteroatoms. The zero-order valence-corrected chi connectivity index (χ0v) is 11.4. The Morgan fingerprint density at radius 2 is 2.21 bits per heavy atom. The third-order valence-electron chi connectivity index (χ3n) is 3.38. The molecule has 0 saturated carbocycles. The van der Waals surface area contributed by atoms with Gasteiger partial charge >= 0.3 is 0 Å². The van der Waals surface area contributed by atoms with Crippen LogP contribution in [0.3, 0.4) is 0 Å². The number of carbonyl (C=O) groups is 2. The summed E-state index contributed by atoms with van der Waals surface area (Å²) in [6.45, 7) is 2.92. The van der Waals surface area contributed by atoms with Gasteiger partial charge in [-0.25, -0.2) is 0 Å². The van der Waals surface area contributed by atoms with Crippen LogP contribution in [0.25, 0.3) is 0 Å². The number of piperidine rings is 1. The molecule has 1 amide bonds. The highest BCUT2D eigenvalue weighted by Gasteiger charge is 2.22. The Hall–Kier alpha value is -1.84. The number of aryl methyl sites for hydroxylation is 1. The first-order chi connectivity index (χ1) is 9.10. The average Bonchev–Trinajstić information content (AvgIpc) is 2.39. The van der Waals surface area contributed by atoms with E-state index in [1.807, 2.05) is 25.1 Å². The molecule has 0 bridgehead atoms. The second kappa shape index (κ2) is 5.87. The number of Topliss-reactive ketones (excluding diaryl/α,β-unsaturated/α-hetero) is 1. The number of carbonyl (C=O) groups excluding carboxylic acids is 2. The summed E-state index contributed by atoms with van der Waals surface area (Å²) in [6.07, 6.45) is 1.66. The summed E-state index contributed by atoms with van der Waals surface area (Å²) in [7, 11) is 1.60. The summed E-state index contributed by atoms with van der Waals surface area (Å²) in [5.41, 5.74) is 1.98. The smallest absolute Gasteiger partial charge is 0.227 e. The molecule has 2 rings (SSSR count). The fourth-order valence-electron chi connectivity index (χ4n) is 2.37. The van der Waals surface area contributed by atoms with E-state index in [1.54, 1.807) is 12.0 Å². The lowest BCUT2D eigenvalue weighted by molar-refractivity contribution is -0.137. The van der Waals surface area contributed by atoms with Crippen LogP contribution < -0.4 is 4.74 Å². The zero-order chi connectivity index (χ0) is 13.8. The first kappa shape index (κ1) is 13.6. The van der Waals surface area contributed by atoms with Crippen molar-refractivity contribution in [3.8, 4) is 5.75 Å². The molecule has 19 heavy (non-hydrogen) atoms. The van der Waals surface area contributed by atoms with Crippen molar-refractivity contribution >= 4 is 11.7 Å². The highest BCUT2D eigenvalue weighted by atomic mass is 16.5. The Morgan fingerprint density at radius 3 is 2.89 bits per heavy atom. The summed E-state index contributed by atoms with van der Waals surface area (Å²) in [4.78, 5) is 25.2. The van der Waals surface area contributed by atoms with E-state index in [1.165, 1.54) is 0 Å². The van der Waals surface area contributed by atoms with Gasteiger partial charge in [0.2, 0.25) is 5.91 Å². The van der Waals surface area contributed by atoms with Crippen LogP contribution in [-0.2, 0) is 16.0 Å².